The number of amides is 1. The molecule has 1 N–H and O–H groups in total. The number of carbonyl (C=O) groups excluding carboxylic acids is 2. The zero-order valence-electron chi connectivity index (χ0n) is 22.3. The average molecular weight is 534 g/mol. The quantitative estimate of drug-likeness (QED) is 0.252. The molecule has 0 spiro atoms. The Morgan fingerprint density at radius 3 is 2.46 bits per heavy atom. The summed E-state index contributed by atoms with van der Waals surface area (Å²) in [6.45, 7) is 2.85. The summed E-state index contributed by atoms with van der Waals surface area (Å²) in [5, 5.41) is 11.5. The van der Waals surface area contributed by atoms with Crippen molar-refractivity contribution in [2.45, 2.75) is 38.5 Å². The van der Waals surface area contributed by atoms with Gasteiger partial charge >= 0.3 is 0 Å². The van der Waals surface area contributed by atoms with E-state index in [0.29, 0.717) is 47.8 Å². The van der Waals surface area contributed by atoms with Crippen molar-refractivity contribution in [2.24, 2.45) is 0 Å². The Morgan fingerprint density at radius 1 is 1.08 bits per heavy atom. The maximum atomic E-state index is 13.5. The van der Waals surface area contributed by atoms with E-state index in [1.165, 1.54) is 26.2 Å². The third kappa shape index (κ3) is 4.78. The van der Waals surface area contributed by atoms with Crippen molar-refractivity contribution in [2.75, 3.05) is 27.9 Å². The number of aliphatic hydroxyl groups excluding tert-OH is 1. The van der Waals surface area contributed by atoms with Crippen LogP contribution in [0.1, 0.15) is 36.1 Å². The van der Waals surface area contributed by atoms with E-state index >= 15 is 0 Å². The van der Waals surface area contributed by atoms with Crippen molar-refractivity contribution >= 4 is 17.4 Å². The molecule has 3 heterocycles. The maximum absolute atomic E-state index is 13.5. The molecule has 2 atom stereocenters. The van der Waals surface area contributed by atoms with Gasteiger partial charge in [-0.05, 0) is 54.8 Å². The molecular weight excluding hydrogens is 502 g/mol. The fourth-order valence-electron chi connectivity index (χ4n) is 5.28. The molecule has 5 rings (SSSR count). The Balaban J connectivity index is 1.61. The molecule has 0 bridgehead atoms. The van der Waals surface area contributed by atoms with E-state index in [2.05, 4.69) is 4.98 Å². The van der Waals surface area contributed by atoms with Crippen LogP contribution in [0.4, 0.5) is 0 Å². The summed E-state index contributed by atoms with van der Waals surface area (Å²) in [4.78, 5) is 32.4. The number of nitrogens with zero attached hydrogens (tertiary/aromatic N) is 3. The third-order valence-corrected chi connectivity index (χ3v) is 7.09. The van der Waals surface area contributed by atoms with Gasteiger partial charge in [-0.15, -0.1) is 0 Å². The van der Waals surface area contributed by atoms with E-state index in [1.54, 1.807) is 36.8 Å². The maximum Gasteiger partial charge on any atom is 0.295 e. The van der Waals surface area contributed by atoms with E-state index in [1.807, 2.05) is 23.8 Å². The predicted octanol–water partition coefficient (Wildman–Crippen LogP) is 3.74. The molecule has 3 aromatic rings. The molecule has 10 heteroatoms. The van der Waals surface area contributed by atoms with Gasteiger partial charge in [0.05, 0.1) is 39.3 Å². The number of imidazole rings is 1. The first-order chi connectivity index (χ1) is 18.9. The van der Waals surface area contributed by atoms with Gasteiger partial charge < -0.3 is 33.5 Å². The van der Waals surface area contributed by atoms with E-state index < -0.39 is 17.7 Å². The molecule has 1 saturated heterocycles. The normalized spacial score (nSPS) is 19.6. The molecule has 0 unspecified atom stereocenters. The van der Waals surface area contributed by atoms with E-state index in [-0.39, 0.29) is 24.0 Å². The first-order valence-electron chi connectivity index (χ1n) is 12.7. The molecule has 39 heavy (non-hydrogen) atoms. The number of likely N-dealkylation sites (tertiary alicyclic amines) is 1. The lowest BCUT2D eigenvalue weighted by Gasteiger charge is -2.26. The van der Waals surface area contributed by atoms with Gasteiger partial charge in [0, 0.05) is 37.5 Å². The molecule has 2 aliphatic heterocycles. The number of hydrogen-bond donors (Lipinski definition) is 1. The van der Waals surface area contributed by atoms with E-state index in [0.717, 1.165) is 11.3 Å². The Kier molecular flexibility index (Phi) is 7.19. The lowest BCUT2D eigenvalue weighted by Crippen LogP contribution is -2.31. The van der Waals surface area contributed by atoms with Crippen molar-refractivity contribution < 1.29 is 33.6 Å². The molecule has 0 aliphatic carbocycles. The number of aliphatic hydroxyl groups is 1. The van der Waals surface area contributed by atoms with Crippen LogP contribution in [0.3, 0.4) is 0 Å². The molecule has 0 saturated carbocycles. The minimum Gasteiger partial charge on any atom is -0.507 e. The smallest absolute Gasteiger partial charge is 0.295 e. The second-order valence-electron chi connectivity index (χ2n) is 9.56. The van der Waals surface area contributed by atoms with Crippen LogP contribution >= 0.6 is 0 Å². The molecule has 1 aromatic heterocycles. The number of ether oxygens (including phenoxy) is 4. The number of hydrogen-bond acceptors (Lipinski definition) is 8. The average Bonchev–Trinajstić information content (AvgIpc) is 3.65. The summed E-state index contributed by atoms with van der Waals surface area (Å²) in [6.07, 6.45) is 6.50. The summed E-state index contributed by atoms with van der Waals surface area (Å²) < 4.78 is 24.2. The fourth-order valence-corrected chi connectivity index (χ4v) is 5.28. The highest BCUT2D eigenvalue weighted by Gasteiger charge is 2.46. The number of rotatable bonds is 9. The van der Waals surface area contributed by atoms with Gasteiger partial charge in [0.2, 0.25) is 5.75 Å². The van der Waals surface area contributed by atoms with Crippen LogP contribution in [0.5, 0.6) is 23.0 Å². The van der Waals surface area contributed by atoms with Crippen LogP contribution in [-0.2, 0) is 22.6 Å². The first-order valence-corrected chi connectivity index (χ1v) is 12.7. The Labute approximate surface area is 226 Å². The number of fused-ring (bicyclic) bond motifs is 1. The lowest BCUT2D eigenvalue weighted by atomic mass is 9.94. The summed E-state index contributed by atoms with van der Waals surface area (Å²) >= 11 is 0. The zero-order chi connectivity index (χ0) is 27.7. The van der Waals surface area contributed by atoms with Crippen molar-refractivity contribution in [3.05, 3.63) is 71.3 Å². The predicted molar refractivity (Wildman–Crippen MR) is 142 cm³/mol. The van der Waals surface area contributed by atoms with Crippen molar-refractivity contribution in [1.29, 1.82) is 0 Å². The number of methoxy groups -OCH3 is 3. The zero-order valence-corrected chi connectivity index (χ0v) is 22.3. The first kappa shape index (κ1) is 26.1. The fraction of sp³-hybridized carbons (Fsp3) is 0.345. The summed E-state index contributed by atoms with van der Waals surface area (Å²) in [5.74, 6) is 0.206. The molecule has 1 amide bonds. The van der Waals surface area contributed by atoms with Crippen LogP contribution in [0, 0.1) is 0 Å². The number of Topliss-reactive ketones (excluding diaryl/α,β-unsaturated/α-hetero) is 1. The Bertz CT molecular complexity index is 1410. The number of benzene rings is 2. The number of aryl methyl sites for hydroxylation is 1. The number of carbonyl (C=O) groups is 2. The monoisotopic (exact) mass is 533 g/mol. The molecule has 2 aromatic carbocycles. The minimum atomic E-state index is -0.870. The van der Waals surface area contributed by atoms with Crippen molar-refractivity contribution in [3.63, 3.8) is 0 Å². The summed E-state index contributed by atoms with van der Waals surface area (Å²) in [6, 6.07) is 7.82. The van der Waals surface area contributed by atoms with Gasteiger partial charge in [-0.1, -0.05) is 0 Å². The molecule has 204 valence electrons. The van der Waals surface area contributed by atoms with Crippen LogP contribution in [0.15, 0.2) is 54.6 Å². The van der Waals surface area contributed by atoms with Crippen LogP contribution in [0.2, 0.25) is 0 Å². The largest absolute Gasteiger partial charge is 0.507 e. The van der Waals surface area contributed by atoms with Crippen LogP contribution < -0.4 is 18.9 Å². The van der Waals surface area contributed by atoms with Crippen LogP contribution in [-0.4, -0.2) is 65.2 Å². The van der Waals surface area contributed by atoms with Gasteiger partial charge in [-0.3, -0.25) is 9.59 Å². The molecule has 1 fully saturated rings. The van der Waals surface area contributed by atoms with Crippen LogP contribution in [0.25, 0.3) is 5.76 Å². The lowest BCUT2D eigenvalue weighted by molar-refractivity contribution is -0.139. The van der Waals surface area contributed by atoms with Gasteiger partial charge in [0.1, 0.15) is 17.6 Å². The van der Waals surface area contributed by atoms with Crippen molar-refractivity contribution in [1.82, 2.24) is 14.5 Å². The highest BCUT2D eigenvalue weighted by molar-refractivity contribution is 6.46. The molecule has 0 radical (unpaired) electrons. The summed E-state index contributed by atoms with van der Waals surface area (Å²) in [5.41, 5.74) is 1.93. The third-order valence-electron chi connectivity index (χ3n) is 7.09. The van der Waals surface area contributed by atoms with Gasteiger partial charge in [-0.25, -0.2) is 4.98 Å². The molecular formula is C29H31N3O7. The van der Waals surface area contributed by atoms with E-state index in [4.69, 9.17) is 18.9 Å². The molecule has 2 aliphatic rings. The second-order valence-corrected chi connectivity index (χ2v) is 9.56. The highest BCUT2D eigenvalue weighted by Crippen LogP contribution is 2.46. The second kappa shape index (κ2) is 10.7. The van der Waals surface area contributed by atoms with E-state index in [9.17, 15) is 14.7 Å². The van der Waals surface area contributed by atoms with Crippen molar-refractivity contribution in [3.8, 4) is 23.0 Å². The minimum absolute atomic E-state index is 0.00353. The van der Waals surface area contributed by atoms with Gasteiger partial charge in [0.25, 0.3) is 11.7 Å². The standard InChI is InChI=1S/C29H31N3O7/c1-17-12-19-13-18(6-7-21(19)39-17)26(33)24-25(20-14-22(36-2)28(38-4)23(15-20)37-3)32(29(35)27(24)34)10-5-9-31-11-8-30-16-31/h6-8,11,13-17,25,33H,5,9-10,12H2,1-4H3/b26-24+/t17-,25-/m1/s1. The topological polar surface area (TPSA) is 112 Å². The number of ketones is 1. The highest BCUT2D eigenvalue weighted by atomic mass is 16.5. The molecule has 10 nitrogen and oxygen atoms in total. The number of aromatic nitrogens is 2. The summed E-state index contributed by atoms with van der Waals surface area (Å²) in [7, 11) is 4.49. The Hall–Kier alpha value is -4.47. The van der Waals surface area contributed by atoms with Gasteiger partial charge in [0.15, 0.2) is 11.5 Å². The van der Waals surface area contributed by atoms with Gasteiger partial charge in [-0.2, -0.15) is 0 Å². The Morgan fingerprint density at radius 2 is 1.82 bits per heavy atom. The SMILES string of the molecule is COc1cc([C@@H]2/C(=C(\O)c3ccc4c(c3)C[C@@H](C)O4)C(=O)C(=O)N2CCCn2ccnc2)cc(OC)c1OC.